The molecule has 0 aromatic carbocycles. The molecule has 0 radical (unpaired) electrons. The van der Waals surface area contributed by atoms with E-state index >= 15 is 0 Å². The molecule has 1 aliphatic rings. The van der Waals surface area contributed by atoms with Gasteiger partial charge in [-0.1, -0.05) is 6.92 Å². The Labute approximate surface area is 113 Å². The molecule has 8 heteroatoms. The third-order valence-corrected chi connectivity index (χ3v) is 4.60. The number of aryl methyl sites for hydroxylation is 1. The van der Waals surface area contributed by atoms with Crippen molar-refractivity contribution in [3.8, 4) is 6.07 Å². The van der Waals surface area contributed by atoms with E-state index in [0.29, 0.717) is 19.0 Å². The molecule has 0 saturated carbocycles. The van der Waals surface area contributed by atoms with Crippen molar-refractivity contribution in [3.63, 3.8) is 0 Å². The van der Waals surface area contributed by atoms with Gasteiger partial charge in [0, 0.05) is 26.3 Å². The quantitative estimate of drug-likeness (QED) is 0.883. The van der Waals surface area contributed by atoms with E-state index in [1.807, 2.05) is 13.0 Å². The van der Waals surface area contributed by atoms with Gasteiger partial charge in [-0.25, -0.2) is 0 Å². The molecule has 0 spiro atoms. The maximum absolute atomic E-state index is 12.2. The molecule has 1 aromatic heterocycles. The Balaban J connectivity index is 2.19. The molecule has 1 saturated heterocycles. The summed E-state index contributed by atoms with van der Waals surface area (Å²) in [7, 11) is -1.99. The number of aromatic nitrogens is 2. The second-order valence-electron chi connectivity index (χ2n) is 4.89. The minimum Gasteiger partial charge on any atom is -0.272 e. The second kappa shape index (κ2) is 5.19. The molecule has 1 N–H and O–H groups in total. The molecule has 1 aliphatic heterocycles. The summed E-state index contributed by atoms with van der Waals surface area (Å²) in [5, 5.41) is 12.9. The fourth-order valence-corrected chi connectivity index (χ4v) is 3.54. The lowest BCUT2D eigenvalue weighted by Crippen LogP contribution is -2.42. The van der Waals surface area contributed by atoms with Crippen LogP contribution in [0.1, 0.15) is 25.3 Å². The Morgan fingerprint density at radius 3 is 2.95 bits per heavy atom. The Hall–Kier alpha value is -1.59. The van der Waals surface area contributed by atoms with Crippen LogP contribution in [-0.2, 0) is 17.3 Å². The summed E-state index contributed by atoms with van der Waals surface area (Å²) in [6.07, 6.45) is 3.38. The van der Waals surface area contributed by atoms with Gasteiger partial charge < -0.3 is 0 Å². The average Bonchev–Trinajstić information content (AvgIpc) is 2.68. The molecule has 0 bridgehead atoms. The standard InChI is InChI=1S/C11H17N5O2S/c1-9-4-3-5-16(7-9)19(17,18)14-11-10(6-12)8-15(2)13-11/h8-9H,3-5,7H2,1-2H3,(H,13,14). The summed E-state index contributed by atoms with van der Waals surface area (Å²) in [6, 6.07) is 1.92. The van der Waals surface area contributed by atoms with Crippen LogP contribution in [0.4, 0.5) is 5.82 Å². The van der Waals surface area contributed by atoms with Gasteiger partial charge in [0.2, 0.25) is 0 Å². The van der Waals surface area contributed by atoms with E-state index in [1.54, 1.807) is 7.05 Å². The first-order valence-corrected chi connectivity index (χ1v) is 7.58. The van der Waals surface area contributed by atoms with E-state index in [-0.39, 0.29) is 11.4 Å². The minimum absolute atomic E-state index is 0.0863. The first-order chi connectivity index (χ1) is 8.92. The van der Waals surface area contributed by atoms with Crippen molar-refractivity contribution in [1.29, 1.82) is 5.26 Å². The molecule has 2 heterocycles. The van der Waals surface area contributed by atoms with Crippen molar-refractivity contribution in [3.05, 3.63) is 11.8 Å². The van der Waals surface area contributed by atoms with Crippen molar-refractivity contribution in [1.82, 2.24) is 14.1 Å². The molecule has 1 fully saturated rings. The van der Waals surface area contributed by atoms with E-state index in [0.717, 1.165) is 12.8 Å². The summed E-state index contributed by atoms with van der Waals surface area (Å²) in [5.41, 5.74) is 0.219. The molecule has 1 atom stereocenters. The van der Waals surface area contributed by atoms with Crippen LogP contribution in [-0.4, -0.2) is 35.6 Å². The van der Waals surface area contributed by atoms with Crippen LogP contribution in [0.25, 0.3) is 0 Å². The summed E-state index contributed by atoms with van der Waals surface area (Å²) in [5.74, 6) is 0.438. The third kappa shape index (κ3) is 3.05. The van der Waals surface area contributed by atoms with E-state index in [1.165, 1.54) is 15.2 Å². The lowest BCUT2D eigenvalue weighted by Gasteiger charge is -2.29. The topological polar surface area (TPSA) is 91.0 Å². The Bertz CT molecular complexity index is 601. The Kier molecular flexibility index (Phi) is 3.78. The number of anilines is 1. The summed E-state index contributed by atoms with van der Waals surface area (Å²) in [6.45, 7) is 3.04. The fourth-order valence-electron chi connectivity index (χ4n) is 2.20. The number of nitrogens with one attached hydrogen (secondary N) is 1. The SMILES string of the molecule is CC1CCCN(S(=O)(=O)Nc2nn(C)cc2C#N)C1. The molecule has 19 heavy (non-hydrogen) atoms. The second-order valence-corrected chi connectivity index (χ2v) is 6.56. The number of hydrogen-bond donors (Lipinski definition) is 1. The smallest absolute Gasteiger partial charge is 0.272 e. The number of piperidine rings is 1. The van der Waals surface area contributed by atoms with Gasteiger partial charge in [0.25, 0.3) is 0 Å². The zero-order valence-electron chi connectivity index (χ0n) is 11.0. The molecular weight excluding hydrogens is 266 g/mol. The summed E-state index contributed by atoms with van der Waals surface area (Å²) >= 11 is 0. The fraction of sp³-hybridized carbons (Fsp3) is 0.636. The van der Waals surface area contributed by atoms with E-state index in [4.69, 9.17) is 5.26 Å². The molecule has 0 aliphatic carbocycles. The maximum Gasteiger partial charge on any atom is 0.302 e. The number of rotatable bonds is 3. The van der Waals surface area contributed by atoms with Crippen molar-refractivity contribution < 1.29 is 8.42 Å². The van der Waals surface area contributed by atoms with E-state index in [2.05, 4.69) is 9.82 Å². The monoisotopic (exact) mass is 283 g/mol. The number of hydrogen-bond acceptors (Lipinski definition) is 4. The zero-order chi connectivity index (χ0) is 14.0. The summed E-state index contributed by atoms with van der Waals surface area (Å²) in [4.78, 5) is 0. The van der Waals surface area contributed by atoms with Crippen LogP contribution in [0.15, 0.2) is 6.20 Å². The highest BCUT2D eigenvalue weighted by atomic mass is 32.2. The van der Waals surface area contributed by atoms with Crippen LogP contribution >= 0.6 is 0 Å². The zero-order valence-corrected chi connectivity index (χ0v) is 11.8. The van der Waals surface area contributed by atoms with Crippen LogP contribution in [0, 0.1) is 17.2 Å². The van der Waals surface area contributed by atoms with Gasteiger partial charge in [-0.2, -0.15) is 23.1 Å². The average molecular weight is 283 g/mol. The maximum atomic E-state index is 12.2. The van der Waals surface area contributed by atoms with Crippen LogP contribution in [0.3, 0.4) is 0 Å². The first kappa shape index (κ1) is 13.8. The van der Waals surface area contributed by atoms with Gasteiger partial charge in [-0.05, 0) is 18.8 Å². The molecule has 7 nitrogen and oxygen atoms in total. The molecule has 1 aromatic rings. The van der Waals surface area contributed by atoms with Crippen molar-refractivity contribution >= 4 is 16.0 Å². The normalized spacial score (nSPS) is 21.0. The largest absolute Gasteiger partial charge is 0.302 e. The minimum atomic E-state index is -3.63. The Morgan fingerprint density at radius 2 is 2.32 bits per heavy atom. The van der Waals surface area contributed by atoms with Crippen LogP contribution < -0.4 is 4.72 Å². The van der Waals surface area contributed by atoms with Gasteiger partial charge in [0.1, 0.15) is 11.6 Å². The van der Waals surface area contributed by atoms with Gasteiger partial charge >= 0.3 is 10.2 Å². The number of nitriles is 1. The highest BCUT2D eigenvalue weighted by molar-refractivity contribution is 7.90. The predicted octanol–water partition coefficient (Wildman–Crippen LogP) is 0.680. The molecule has 1 unspecified atom stereocenters. The van der Waals surface area contributed by atoms with Gasteiger partial charge in [-0.3, -0.25) is 9.40 Å². The molecule has 104 valence electrons. The molecular formula is C11H17N5O2S. The summed E-state index contributed by atoms with van der Waals surface area (Å²) < 4.78 is 29.7. The van der Waals surface area contributed by atoms with Crippen molar-refractivity contribution in [2.45, 2.75) is 19.8 Å². The lowest BCUT2D eigenvalue weighted by molar-refractivity contribution is 0.282. The van der Waals surface area contributed by atoms with Gasteiger partial charge in [0.05, 0.1) is 0 Å². The highest BCUT2D eigenvalue weighted by Gasteiger charge is 2.28. The predicted molar refractivity (Wildman–Crippen MR) is 70.4 cm³/mol. The van der Waals surface area contributed by atoms with E-state index in [9.17, 15) is 8.42 Å². The first-order valence-electron chi connectivity index (χ1n) is 6.14. The van der Waals surface area contributed by atoms with Crippen molar-refractivity contribution in [2.24, 2.45) is 13.0 Å². The van der Waals surface area contributed by atoms with Crippen molar-refractivity contribution in [2.75, 3.05) is 17.8 Å². The van der Waals surface area contributed by atoms with Crippen LogP contribution in [0.5, 0.6) is 0 Å². The third-order valence-electron chi connectivity index (χ3n) is 3.13. The van der Waals surface area contributed by atoms with Gasteiger partial charge in [-0.15, -0.1) is 0 Å². The van der Waals surface area contributed by atoms with Crippen LogP contribution in [0.2, 0.25) is 0 Å². The molecule has 0 amide bonds. The van der Waals surface area contributed by atoms with Gasteiger partial charge in [0.15, 0.2) is 5.82 Å². The molecule has 2 rings (SSSR count). The van der Waals surface area contributed by atoms with E-state index < -0.39 is 10.2 Å². The number of nitrogens with zero attached hydrogens (tertiary/aromatic N) is 4. The lowest BCUT2D eigenvalue weighted by atomic mass is 10.0. The highest BCUT2D eigenvalue weighted by Crippen LogP contribution is 2.20. The Morgan fingerprint density at radius 1 is 1.58 bits per heavy atom.